The van der Waals surface area contributed by atoms with E-state index < -0.39 is 0 Å². The SMILES string of the molecule is CCc1nnc(NC(=O)COCc2ccc(C)cc2C)s1. The molecule has 2 rings (SSSR count). The van der Waals surface area contributed by atoms with Crippen LogP contribution in [0.2, 0.25) is 0 Å². The lowest BCUT2D eigenvalue weighted by molar-refractivity contribution is -0.121. The highest BCUT2D eigenvalue weighted by Crippen LogP contribution is 2.15. The Hall–Kier alpha value is -1.79. The van der Waals surface area contributed by atoms with E-state index in [0.717, 1.165) is 17.0 Å². The number of anilines is 1. The van der Waals surface area contributed by atoms with Crippen molar-refractivity contribution in [2.24, 2.45) is 0 Å². The van der Waals surface area contributed by atoms with Gasteiger partial charge in [0, 0.05) is 0 Å². The van der Waals surface area contributed by atoms with E-state index in [9.17, 15) is 4.79 Å². The van der Waals surface area contributed by atoms with Crippen LogP contribution < -0.4 is 5.32 Å². The lowest BCUT2D eigenvalue weighted by Gasteiger charge is -2.07. The molecule has 0 atom stereocenters. The third kappa shape index (κ3) is 4.61. The number of aryl methyl sites for hydroxylation is 3. The topological polar surface area (TPSA) is 64.1 Å². The van der Waals surface area contributed by atoms with E-state index in [4.69, 9.17) is 4.74 Å². The standard InChI is InChI=1S/C15H19N3O2S/c1-4-14-17-18-15(21-14)16-13(19)9-20-8-12-6-5-10(2)7-11(12)3/h5-7H,4,8-9H2,1-3H3,(H,16,18,19). The molecule has 1 aromatic carbocycles. The van der Waals surface area contributed by atoms with Crippen LogP contribution >= 0.6 is 11.3 Å². The van der Waals surface area contributed by atoms with Crippen molar-refractivity contribution in [1.82, 2.24) is 10.2 Å². The molecule has 0 aliphatic rings. The number of nitrogens with zero attached hydrogens (tertiary/aromatic N) is 2. The molecule has 0 saturated carbocycles. The summed E-state index contributed by atoms with van der Waals surface area (Å²) in [7, 11) is 0. The van der Waals surface area contributed by atoms with E-state index in [0.29, 0.717) is 11.7 Å². The highest BCUT2D eigenvalue weighted by Gasteiger charge is 2.08. The van der Waals surface area contributed by atoms with E-state index in [1.165, 1.54) is 22.5 Å². The Labute approximate surface area is 128 Å². The average Bonchev–Trinajstić information content (AvgIpc) is 2.89. The molecular weight excluding hydrogens is 286 g/mol. The number of hydrogen-bond acceptors (Lipinski definition) is 5. The van der Waals surface area contributed by atoms with Crippen LogP contribution in [0.5, 0.6) is 0 Å². The van der Waals surface area contributed by atoms with E-state index in [1.807, 2.05) is 26.0 Å². The second-order valence-electron chi connectivity index (χ2n) is 4.83. The van der Waals surface area contributed by atoms with Crippen LogP contribution in [-0.4, -0.2) is 22.7 Å². The summed E-state index contributed by atoms with van der Waals surface area (Å²) in [4.78, 5) is 11.7. The van der Waals surface area contributed by atoms with Crippen LogP contribution in [0, 0.1) is 13.8 Å². The molecule has 0 aliphatic heterocycles. The number of amides is 1. The molecule has 0 spiro atoms. The van der Waals surface area contributed by atoms with Crippen molar-refractivity contribution in [3.05, 3.63) is 39.9 Å². The Morgan fingerprint density at radius 3 is 2.81 bits per heavy atom. The van der Waals surface area contributed by atoms with E-state index in [2.05, 4.69) is 28.5 Å². The van der Waals surface area contributed by atoms with Crippen LogP contribution in [0.3, 0.4) is 0 Å². The van der Waals surface area contributed by atoms with Gasteiger partial charge in [-0.05, 0) is 31.4 Å². The summed E-state index contributed by atoms with van der Waals surface area (Å²) >= 11 is 1.39. The molecule has 0 unspecified atom stereocenters. The molecule has 0 aliphatic carbocycles. The molecule has 0 bridgehead atoms. The molecule has 0 fully saturated rings. The monoisotopic (exact) mass is 305 g/mol. The molecule has 0 radical (unpaired) electrons. The third-order valence-corrected chi connectivity index (χ3v) is 3.99. The normalized spacial score (nSPS) is 10.6. The Morgan fingerprint density at radius 2 is 2.14 bits per heavy atom. The van der Waals surface area contributed by atoms with Crippen LogP contribution in [0.1, 0.15) is 28.6 Å². The Kier molecular flexibility index (Phi) is 5.41. The third-order valence-electron chi connectivity index (χ3n) is 3.00. The Balaban J connectivity index is 1.78. The van der Waals surface area contributed by atoms with Gasteiger partial charge < -0.3 is 4.74 Å². The number of carbonyl (C=O) groups excluding carboxylic acids is 1. The van der Waals surface area contributed by atoms with Gasteiger partial charge in [-0.1, -0.05) is 42.0 Å². The zero-order chi connectivity index (χ0) is 15.2. The number of carbonyl (C=O) groups is 1. The minimum Gasteiger partial charge on any atom is -0.367 e. The number of rotatable bonds is 6. The first kappa shape index (κ1) is 15.6. The van der Waals surface area contributed by atoms with Crippen molar-refractivity contribution >= 4 is 22.4 Å². The summed E-state index contributed by atoms with van der Waals surface area (Å²) in [6.45, 7) is 6.53. The second-order valence-corrected chi connectivity index (χ2v) is 5.89. The van der Waals surface area contributed by atoms with Gasteiger partial charge in [-0.15, -0.1) is 10.2 Å². The summed E-state index contributed by atoms with van der Waals surface area (Å²) in [5.74, 6) is -0.210. The van der Waals surface area contributed by atoms with Gasteiger partial charge in [-0.2, -0.15) is 0 Å². The quantitative estimate of drug-likeness (QED) is 0.891. The highest BCUT2D eigenvalue weighted by atomic mass is 32.1. The van der Waals surface area contributed by atoms with Crippen LogP contribution in [0.15, 0.2) is 18.2 Å². The van der Waals surface area contributed by atoms with Crippen molar-refractivity contribution in [3.8, 4) is 0 Å². The number of nitrogens with one attached hydrogen (secondary N) is 1. The van der Waals surface area contributed by atoms with Gasteiger partial charge >= 0.3 is 0 Å². The van der Waals surface area contributed by atoms with Gasteiger partial charge in [0.1, 0.15) is 11.6 Å². The van der Waals surface area contributed by atoms with Crippen molar-refractivity contribution in [2.45, 2.75) is 33.8 Å². The largest absolute Gasteiger partial charge is 0.367 e. The Morgan fingerprint density at radius 1 is 1.33 bits per heavy atom. The van der Waals surface area contributed by atoms with E-state index in [1.54, 1.807) is 0 Å². The van der Waals surface area contributed by atoms with E-state index in [-0.39, 0.29) is 12.5 Å². The summed E-state index contributed by atoms with van der Waals surface area (Å²) in [5.41, 5.74) is 3.49. The van der Waals surface area contributed by atoms with Crippen molar-refractivity contribution < 1.29 is 9.53 Å². The fourth-order valence-corrected chi connectivity index (χ4v) is 2.56. The summed E-state index contributed by atoms with van der Waals surface area (Å²) in [6.07, 6.45) is 0.816. The molecular formula is C15H19N3O2S. The lowest BCUT2D eigenvalue weighted by Crippen LogP contribution is -2.18. The average molecular weight is 305 g/mol. The lowest BCUT2D eigenvalue weighted by atomic mass is 10.1. The fraction of sp³-hybridized carbons (Fsp3) is 0.400. The number of ether oxygens (including phenoxy) is 1. The number of hydrogen-bond donors (Lipinski definition) is 1. The van der Waals surface area contributed by atoms with Crippen molar-refractivity contribution in [1.29, 1.82) is 0 Å². The molecule has 2 aromatic rings. The van der Waals surface area contributed by atoms with E-state index >= 15 is 0 Å². The first-order chi connectivity index (χ1) is 10.1. The summed E-state index contributed by atoms with van der Waals surface area (Å²) in [5, 5.41) is 12.0. The number of aromatic nitrogens is 2. The van der Waals surface area contributed by atoms with Crippen molar-refractivity contribution in [2.75, 3.05) is 11.9 Å². The maximum Gasteiger partial charge on any atom is 0.252 e. The molecule has 1 heterocycles. The smallest absolute Gasteiger partial charge is 0.252 e. The fourth-order valence-electron chi connectivity index (χ4n) is 1.86. The van der Waals surface area contributed by atoms with Gasteiger partial charge in [-0.25, -0.2) is 0 Å². The van der Waals surface area contributed by atoms with Crippen LogP contribution in [0.4, 0.5) is 5.13 Å². The minimum absolute atomic E-state index is 0.00829. The molecule has 6 heteroatoms. The van der Waals surface area contributed by atoms with Gasteiger partial charge in [0.15, 0.2) is 0 Å². The maximum absolute atomic E-state index is 11.7. The second kappa shape index (κ2) is 7.28. The van der Waals surface area contributed by atoms with Gasteiger partial charge in [-0.3, -0.25) is 10.1 Å². The first-order valence-electron chi connectivity index (χ1n) is 6.84. The predicted octanol–water partition coefficient (Wildman–Crippen LogP) is 2.87. The zero-order valence-electron chi connectivity index (χ0n) is 12.5. The minimum atomic E-state index is -0.210. The summed E-state index contributed by atoms with van der Waals surface area (Å²) < 4.78 is 5.45. The van der Waals surface area contributed by atoms with Gasteiger partial charge in [0.25, 0.3) is 5.91 Å². The molecule has 1 N–H and O–H groups in total. The molecule has 5 nitrogen and oxygen atoms in total. The number of benzene rings is 1. The van der Waals surface area contributed by atoms with Gasteiger partial charge in [0.05, 0.1) is 6.61 Å². The predicted molar refractivity (Wildman–Crippen MR) is 83.5 cm³/mol. The molecule has 112 valence electrons. The summed E-state index contributed by atoms with van der Waals surface area (Å²) in [6, 6.07) is 6.17. The Bertz CT molecular complexity index is 625. The highest BCUT2D eigenvalue weighted by molar-refractivity contribution is 7.15. The molecule has 1 amide bonds. The maximum atomic E-state index is 11.7. The molecule has 1 aromatic heterocycles. The van der Waals surface area contributed by atoms with Crippen molar-refractivity contribution in [3.63, 3.8) is 0 Å². The van der Waals surface area contributed by atoms with Crippen LogP contribution in [0.25, 0.3) is 0 Å². The molecule has 21 heavy (non-hydrogen) atoms. The molecule has 0 saturated heterocycles. The zero-order valence-corrected chi connectivity index (χ0v) is 13.3. The van der Waals surface area contributed by atoms with Gasteiger partial charge in [0.2, 0.25) is 5.13 Å². The van der Waals surface area contributed by atoms with Crippen LogP contribution in [-0.2, 0) is 22.6 Å². The first-order valence-corrected chi connectivity index (χ1v) is 7.66.